The van der Waals surface area contributed by atoms with E-state index >= 15 is 0 Å². The molecule has 0 amide bonds. The van der Waals surface area contributed by atoms with E-state index in [1.807, 2.05) is 0 Å². The van der Waals surface area contributed by atoms with Gasteiger partial charge in [-0.05, 0) is 6.72 Å². The average Bonchev–Trinajstić information content (AvgIpc) is 1.93. The molecule has 0 bridgehead atoms. The van der Waals surface area contributed by atoms with Crippen molar-refractivity contribution in [3.63, 3.8) is 0 Å². The van der Waals surface area contributed by atoms with Gasteiger partial charge in [-0.3, -0.25) is 4.99 Å². The minimum atomic E-state index is 0.208. The zero-order chi connectivity index (χ0) is 8.24. The molecule has 0 aliphatic rings. The first-order chi connectivity index (χ1) is 4.83. The maximum Gasteiger partial charge on any atom is 0.145 e. The number of aldehydes is 2. The zero-order valence-electron chi connectivity index (χ0n) is 5.95. The predicted octanol–water partition coefficient (Wildman–Crippen LogP) is -0.282. The molecule has 0 radical (unpaired) electrons. The van der Waals surface area contributed by atoms with E-state index < -0.39 is 0 Å². The summed E-state index contributed by atoms with van der Waals surface area (Å²) in [4.78, 5) is 21.8. The topological polar surface area (TPSA) is 55.7 Å². The fourth-order valence-corrected chi connectivity index (χ4v) is 0.121. The van der Waals surface area contributed by atoms with Gasteiger partial charge in [-0.25, -0.2) is 0 Å². The first-order valence-electron chi connectivity index (χ1n) is 2.62. The molecule has 0 saturated carbocycles. The summed E-state index contributed by atoms with van der Waals surface area (Å²) in [7, 11) is 1.48. The first-order valence-corrected chi connectivity index (χ1v) is 2.62. The third-order valence-corrected chi connectivity index (χ3v) is 0.438. The van der Waals surface area contributed by atoms with E-state index in [9.17, 15) is 9.59 Å². The molecule has 0 N–H and O–H groups in total. The molecule has 0 unspecified atom stereocenters. The van der Waals surface area contributed by atoms with E-state index in [4.69, 9.17) is 0 Å². The standard InChI is InChI=1S/C3H5NO.C3H6O2/c1-4-2-3-5;1-5-3-2-4/h3H,1-2H2;2H,3H2,1H3. The van der Waals surface area contributed by atoms with E-state index in [1.165, 1.54) is 7.11 Å². The summed E-state index contributed by atoms with van der Waals surface area (Å²) in [5.41, 5.74) is 0. The fraction of sp³-hybridized carbons (Fsp3) is 0.500. The molecule has 0 spiro atoms. The lowest BCUT2D eigenvalue weighted by Gasteiger charge is -1.76. The van der Waals surface area contributed by atoms with E-state index in [0.29, 0.717) is 12.6 Å². The van der Waals surface area contributed by atoms with Crippen LogP contribution in [0.25, 0.3) is 0 Å². The Bertz CT molecular complexity index is 87.0. The van der Waals surface area contributed by atoms with Crippen LogP contribution in [-0.4, -0.2) is 39.6 Å². The van der Waals surface area contributed by atoms with Crippen molar-refractivity contribution in [2.24, 2.45) is 4.99 Å². The van der Waals surface area contributed by atoms with Crippen LogP contribution in [0.2, 0.25) is 0 Å². The van der Waals surface area contributed by atoms with Crippen molar-refractivity contribution in [1.29, 1.82) is 0 Å². The maximum atomic E-state index is 9.28. The first kappa shape index (κ1) is 11.7. The minimum absolute atomic E-state index is 0.208. The van der Waals surface area contributed by atoms with Crippen LogP contribution in [0.1, 0.15) is 0 Å². The molecule has 0 rings (SSSR count). The number of carbonyl (C=O) groups is 2. The monoisotopic (exact) mass is 145 g/mol. The van der Waals surface area contributed by atoms with Crippen molar-refractivity contribution in [1.82, 2.24) is 0 Å². The summed E-state index contributed by atoms with van der Waals surface area (Å²) in [5, 5.41) is 0. The molecule has 4 nitrogen and oxygen atoms in total. The minimum Gasteiger partial charge on any atom is -0.377 e. The number of rotatable bonds is 4. The maximum absolute atomic E-state index is 9.28. The summed E-state index contributed by atoms with van der Waals surface area (Å²) in [5.74, 6) is 0. The van der Waals surface area contributed by atoms with Crippen molar-refractivity contribution < 1.29 is 14.3 Å². The van der Waals surface area contributed by atoms with E-state index in [0.717, 1.165) is 0 Å². The van der Waals surface area contributed by atoms with Crippen LogP contribution in [0.15, 0.2) is 4.99 Å². The molecule has 0 aromatic heterocycles. The molecule has 0 aliphatic carbocycles. The molecule has 4 heteroatoms. The molecular formula is C6H11NO3. The second-order valence-electron chi connectivity index (χ2n) is 1.19. The highest BCUT2D eigenvalue weighted by Crippen LogP contribution is 1.50. The number of nitrogens with zero attached hydrogens (tertiary/aromatic N) is 1. The van der Waals surface area contributed by atoms with Gasteiger partial charge in [0.05, 0.1) is 6.54 Å². The number of hydrogen-bond donors (Lipinski definition) is 0. The molecule has 0 atom stereocenters. The van der Waals surface area contributed by atoms with Crippen LogP contribution in [0, 0.1) is 0 Å². The second kappa shape index (κ2) is 15.7. The van der Waals surface area contributed by atoms with Gasteiger partial charge >= 0.3 is 0 Å². The van der Waals surface area contributed by atoms with Crippen molar-refractivity contribution in [3.05, 3.63) is 0 Å². The lowest BCUT2D eigenvalue weighted by molar-refractivity contribution is -0.111. The Hall–Kier alpha value is -1.03. The highest BCUT2D eigenvalue weighted by molar-refractivity contribution is 5.53. The largest absolute Gasteiger partial charge is 0.377 e. The lowest BCUT2D eigenvalue weighted by Crippen LogP contribution is -1.84. The number of methoxy groups -OCH3 is 1. The average molecular weight is 145 g/mol. The van der Waals surface area contributed by atoms with Crippen LogP contribution in [-0.2, 0) is 14.3 Å². The van der Waals surface area contributed by atoms with E-state index in [-0.39, 0.29) is 13.2 Å². The van der Waals surface area contributed by atoms with Crippen LogP contribution in [0.5, 0.6) is 0 Å². The second-order valence-corrected chi connectivity index (χ2v) is 1.19. The highest BCUT2D eigenvalue weighted by Gasteiger charge is 1.64. The van der Waals surface area contributed by atoms with Crippen LogP contribution < -0.4 is 0 Å². The SMILES string of the molecule is C=NCC=O.COCC=O. The van der Waals surface area contributed by atoms with Crippen molar-refractivity contribution >= 4 is 19.3 Å². The number of aliphatic imine (C=N–C) groups is 1. The number of carbonyl (C=O) groups excluding carboxylic acids is 2. The predicted molar refractivity (Wildman–Crippen MR) is 38.4 cm³/mol. The molecule has 0 aliphatic heterocycles. The Balaban J connectivity index is 0. The highest BCUT2D eigenvalue weighted by atomic mass is 16.5. The summed E-state index contributed by atoms with van der Waals surface area (Å²) >= 11 is 0. The Kier molecular flexibility index (Phi) is 18.4. The zero-order valence-corrected chi connectivity index (χ0v) is 5.95. The van der Waals surface area contributed by atoms with Crippen molar-refractivity contribution in [2.45, 2.75) is 0 Å². The Morgan fingerprint density at radius 2 is 2.10 bits per heavy atom. The van der Waals surface area contributed by atoms with Crippen LogP contribution in [0.3, 0.4) is 0 Å². The van der Waals surface area contributed by atoms with Crippen molar-refractivity contribution in [3.8, 4) is 0 Å². The molecule has 0 fully saturated rings. The molecule has 0 aromatic rings. The lowest BCUT2D eigenvalue weighted by atomic mass is 10.8. The summed E-state index contributed by atoms with van der Waals surface area (Å²) in [6.45, 7) is 3.50. The Morgan fingerprint density at radius 3 is 2.10 bits per heavy atom. The van der Waals surface area contributed by atoms with Gasteiger partial charge in [0.15, 0.2) is 0 Å². The van der Waals surface area contributed by atoms with Gasteiger partial charge in [-0.15, -0.1) is 0 Å². The van der Waals surface area contributed by atoms with Gasteiger partial charge in [0, 0.05) is 7.11 Å². The van der Waals surface area contributed by atoms with Gasteiger partial charge < -0.3 is 14.3 Å². The Morgan fingerprint density at radius 1 is 1.50 bits per heavy atom. The third-order valence-electron chi connectivity index (χ3n) is 0.438. The summed E-state index contributed by atoms with van der Waals surface area (Å²) in [6.07, 6.45) is 1.41. The summed E-state index contributed by atoms with van der Waals surface area (Å²) in [6, 6.07) is 0. The van der Waals surface area contributed by atoms with Gasteiger partial charge in [0.25, 0.3) is 0 Å². The van der Waals surface area contributed by atoms with Crippen molar-refractivity contribution in [2.75, 3.05) is 20.3 Å². The molecule has 58 valence electrons. The third kappa shape index (κ3) is 28.2. The van der Waals surface area contributed by atoms with Gasteiger partial charge in [-0.2, -0.15) is 0 Å². The normalized spacial score (nSPS) is 6.90. The summed E-state index contributed by atoms with van der Waals surface area (Å²) < 4.78 is 4.32. The van der Waals surface area contributed by atoms with Gasteiger partial charge in [0.2, 0.25) is 0 Å². The number of hydrogen-bond acceptors (Lipinski definition) is 4. The van der Waals surface area contributed by atoms with Crippen LogP contribution >= 0.6 is 0 Å². The quantitative estimate of drug-likeness (QED) is 0.403. The van der Waals surface area contributed by atoms with Crippen LogP contribution in [0.4, 0.5) is 0 Å². The molecule has 0 saturated heterocycles. The Labute approximate surface area is 59.9 Å². The molecular weight excluding hydrogens is 134 g/mol. The smallest absolute Gasteiger partial charge is 0.145 e. The fourth-order valence-electron chi connectivity index (χ4n) is 0.121. The van der Waals surface area contributed by atoms with Gasteiger partial charge in [-0.1, -0.05) is 0 Å². The van der Waals surface area contributed by atoms with E-state index in [2.05, 4.69) is 16.4 Å². The molecule has 0 aromatic carbocycles. The molecule has 10 heavy (non-hydrogen) atoms. The number of ether oxygens (including phenoxy) is 1. The van der Waals surface area contributed by atoms with Gasteiger partial charge in [0.1, 0.15) is 19.2 Å². The molecule has 0 heterocycles. The van der Waals surface area contributed by atoms with E-state index in [1.54, 1.807) is 0 Å².